The zero-order valence-electron chi connectivity index (χ0n) is 8.93. The predicted molar refractivity (Wildman–Crippen MR) is 67.6 cm³/mol. The van der Waals surface area contributed by atoms with Crippen molar-refractivity contribution in [2.24, 2.45) is 4.99 Å². The smallest absolute Gasteiger partial charge is 0.157 e. The first-order valence-electron chi connectivity index (χ1n) is 5.12. The molecule has 1 N–H and O–H groups in total. The fraction of sp³-hybridized carbons (Fsp3) is 0.600. The average Bonchev–Trinajstić information content (AvgIpc) is 2.70. The lowest BCUT2D eigenvalue weighted by atomic mass is 10.3. The molecule has 0 radical (unpaired) electrons. The first kappa shape index (κ1) is 11.0. The average molecular weight is 241 g/mol. The van der Waals surface area contributed by atoms with E-state index in [1.54, 1.807) is 11.3 Å². The van der Waals surface area contributed by atoms with Gasteiger partial charge in [-0.1, -0.05) is 11.8 Å². The molecule has 15 heavy (non-hydrogen) atoms. The number of rotatable bonds is 2. The van der Waals surface area contributed by atoms with Crippen LogP contribution in [0.4, 0.5) is 0 Å². The van der Waals surface area contributed by atoms with Gasteiger partial charge in [0.05, 0.1) is 12.1 Å². The SMILES string of the molecule is CC1CCSC(NC(C)c2nccs2)=N1. The minimum absolute atomic E-state index is 0.265. The van der Waals surface area contributed by atoms with E-state index in [0.29, 0.717) is 6.04 Å². The summed E-state index contributed by atoms with van der Waals surface area (Å²) in [5.74, 6) is 1.16. The van der Waals surface area contributed by atoms with Gasteiger partial charge in [0, 0.05) is 17.3 Å². The second kappa shape index (κ2) is 4.99. The molecule has 1 aromatic rings. The molecule has 2 atom stereocenters. The van der Waals surface area contributed by atoms with Gasteiger partial charge in [0.2, 0.25) is 0 Å². The monoisotopic (exact) mass is 241 g/mol. The van der Waals surface area contributed by atoms with Crippen LogP contribution in [0.1, 0.15) is 31.3 Å². The maximum absolute atomic E-state index is 4.58. The first-order chi connectivity index (χ1) is 7.25. The third-order valence-electron chi connectivity index (χ3n) is 2.27. The van der Waals surface area contributed by atoms with Crippen LogP contribution >= 0.6 is 23.1 Å². The van der Waals surface area contributed by atoms with E-state index in [4.69, 9.17) is 0 Å². The molecule has 2 unspecified atom stereocenters. The van der Waals surface area contributed by atoms with Crippen LogP contribution in [0.5, 0.6) is 0 Å². The van der Waals surface area contributed by atoms with Crippen molar-refractivity contribution in [3.8, 4) is 0 Å². The first-order valence-corrected chi connectivity index (χ1v) is 6.99. The standard InChI is InChI=1S/C10H15N3S2/c1-7-3-5-15-10(12-7)13-8(2)9-11-4-6-14-9/h4,6-8H,3,5H2,1-2H3,(H,12,13). The van der Waals surface area contributed by atoms with E-state index in [9.17, 15) is 0 Å². The van der Waals surface area contributed by atoms with E-state index in [2.05, 4.69) is 29.1 Å². The van der Waals surface area contributed by atoms with Crippen LogP contribution in [0.3, 0.4) is 0 Å². The highest BCUT2D eigenvalue weighted by Crippen LogP contribution is 2.20. The van der Waals surface area contributed by atoms with Gasteiger partial charge in [0.1, 0.15) is 5.01 Å². The van der Waals surface area contributed by atoms with Crippen LogP contribution in [-0.4, -0.2) is 21.9 Å². The van der Waals surface area contributed by atoms with Crippen LogP contribution in [0.25, 0.3) is 0 Å². The summed E-state index contributed by atoms with van der Waals surface area (Å²) in [7, 11) is 0. The maximum Gasteiger partial charge on any atom is 0.157 e. The Labute approximate surface area is 98.4 Å². The van der Waals surface area contributed by atoms with Gasteiger partial charge in [-0.15, -0.1) is 11.3 Å². The number of hydrogen-bond donors (Lipinski definition) is 1. The molecule has 1 aliphatic heterocycles. The Morgan fingerprint density at radius 1 is 1.60 bits per heavy atom. The zero-order valence-corrected chi connectivity index (χ0v) is 10.6. The fourth-order valence-corrected chi connectivity index (χ4v) is 3.22. The fourth-order valence-electron chi connectivity index (χ4n) is 1.40. The predicted octanol–water partition coefficient (Wildman–Crippen LogP) is 2.68. The van der Waals surface area contributed by atoms with Gasteiger partial charge in [-0.2, -0.15) is 0 Å². The molecular formula is C10H15N3S2. The van der Waals surface area contributed by atoms with Gasteiger partial charge in [-0.25, -0.2) is 4.98 Å². The summed E-state index contributed by atoms with van der Waals surface area (Å²) in [6.07, 6.45) is 3.03. The van der Waals surface area contributed by atoms with Gasteiger partial charge < -0.3 is 5.32 Å². The lowest BCUT2D eigenvalue weighted by Crippen LogP contribution is -2.28. The second-order valence-corrected chi connectivity index (χ2v) is 5.67. The summed E-state index contributed by atoms with van der Waals surface area (Å²) in [5, 5.41) is 7.61. The van der Waals surface area contributed by atoms with Crippen molar-refractivity contribution >= 4 is 28.3 Å². The number of nitrogens with one attached hydrogen (secondary N) is 1. The number of thiazole rings is 1. The molecule has 2 heterocycles. The maximum atomic E-state index is 4.58. The van der Waals surface area contributed by atoms with Crippen LogP contribution < -0.4 is 5.32 Å². The van der Waals surface area contributed by atoms with Crippen molar-refractivity contribution in [2.45, 2.75) is 32.4 Å². The molecule has 0 amide bonds. The molecule has 0 saturated heterocycles. The molecule has 82 valence electrons. The van der Waals surface area contributed by atoms with Crippen molar-refractivity contribution in [1.82, 2.24) is 10.3 Å². The van der Waals surface area contributed by atoms with Crippen LogP contribution in [-0.2, 0) is 0 Å². The number of nitrogens with zero attached hydrogens (tertiary/aromatic N) is 2. The lowest BCUT2D eigenvalue weighted by molar-refractivity contribution is 0.680. The molecular weight excluding hydrogens is 226 g/mol. The highest BCUT2D eigenvalue weighted by atomic mass is 32.2. The Hall–Kier alpha value is -0.550. The number of aliphatic imine (C=N–C) groups is 1. The molecule has 0 aromatic carbocycles. The topological polar surface area (TPSA) is 37.3 Å². The third-order valence-corrected chi connectivity index (χ3v) is 4.17. The Morgan fingerprint density at radius 3 is 3.13 bits per heavy atom. The summed E-state index contributed by atoms with van der Waals surface area (Å²) >= 11 is 3.49. The molecule has 1 aromatic heterocycles. The molecule has 0 spiro atoms. The Morgan fingerprint density at radius 2 is 2.47 bits per heavy atom. The summed E-state index contributed by atoms with van der Waals surface area (Å²) in [4.78, 5) is 8.87. The molecule has 0 saturated carbocycles. The quantitative estimate of drug-likeness (QED) is 0.865. The molecule has 0 aliphatic carbocycles. The summed E-state index contributed by atoms with van der Waals surface area (Å²) < 4.78 is 0. The van der Waals surface area contributed by atoms with Gasteiger partial charge in [-0.05, 0) is 20.3 Å². The van der Waals surface area contributed by atoms with Crippen molar-refractivity contribution < 1.29 is 0 Å². The van der Waals surface area contributed by atoms with Crippen LogP contribution in [0.2, 0.25) is 0 Å². The van der Waals surface area contributed by atoms with Crippen molar-refractivity contribution in [1.29, 1.82) is 0 Å². The van der Waals surface area contributed by atoms with E-state index in [-0.39, 0.29) is 6.04 Å². The zero-order chi connectivity index (χ0) is 10.7. The Balaban J connectivity index is 1.97. The van der Waals surface area contributed by atoms with Crippen molar-refractivity contribution in [3.63, 3.8) is 0 Å². The van der Waals surface area contributed by atoms with Crippen molar-refractivity contribution in [2.75, 3.05) is 5.75 Å². The van der Waals surface area contributed by atoms with E-state index in [0.717, 1.165) is 15.9 Å². The number of thioether (sulfide) groups is 1. The minimum Gasteiger partial charge on any atom is -0.356 e. The molecule has 1 aliphatic rings. The Kier molecular flexibility index (Phi) is 3.64. The number of hydrogen-bond acceptors (Lipinski definition) is 5. The largest absolute Gasteiger partial charge is 0.356 e. The summed E-state index contributed by atoms with van der Waals surface area (Å²) in [6, 6.07) is 0.721. The number of aromatic nitrogens is 1. The minimum atomic E-state index is 0.265. The van der Waals surface area contributed by atoms with Crippen molar-refractivity contribution in [3.05, 3.63) is 16.6 Å². The van der Waals surface area contributed by atoms with Gasteiger partial charge in [0.15, 0.2) is 5.17 Å². The Bertz CT molecular complexity index is 334. The van der Waals surface area contributed by atoms with Gasteiger partial charge in [-0.3, -0.25) is 4.99 Å². The second-order valence-electron chi connectivity index (χ2n) is 3.66. The van der Waals surface area contributed by atoms with E-state index in [1.165, 1.54) is 6.42 Å². The highest BCUT2D eigenvalue weighted by molar-refractivity contribution is 8.13. The van der Waals surface area contributed by atoms with E-state index >= 15 is 0 Å². The lowest BCUT2D eigenvalue weighted by Gasteiger charge is -2.20. The van der Waals surface area contributed by atoms with Crippen LogP contribution in [0, 0.1) is 0 Å². The molecule has 0 fully saturated rings. The van der Waals surface area contributed by atoms with Gasteiger partial charge >= 0.3 is 0 Å². The molecule has 0 bridgehead atoms. The van der Waals surface area contributed by atoms with E-state index < -0.39 is 0 Å². The van der Waals surface area contributed by atoms with Crippen LogP contribution in [0.15, 0.2) is 16.6 Å². The normalized spacial score (nSPS) is 23.3. The summed E-state index contributed by atoms with van der Waals surface area (Å²) in [6.45, 7) is 4.29. The highest BCUT2D eigenvalue weighted by Gasteiger charge is 2.15. The number of amidine groups is 1. The molecule has 2 rings (SSSR count). The summed E-state index contributed by atoms with van der Waals surface area (Å²) in [5.41, 5.74) is 0. The molecule has 5 heteroatoms. The van der Waals surface area contributed by atoms with E-state index in [1.807, 2.05) is 23.3 Å². The third kappa shape index (κ3) is 2.95. The van der Waals surface area contributed by atoms with Gasteiger partial charge in [0.25, 0.3) is 0 Å². The molecule has 3 nitrogen and oxygen atoms in total.